The maximum Gasteiger partial charge on any atom is 0.319 e. The van der Waals surface area contributed by atoms with Crippen molar-refractivity contribution >= 4 is 55.3 Å². The standard InChI is InChI=1S/C24H32Br2N6O2/c25-19-3-7-21(8-4-19)29-23(33)27-11-1-13-31-15-17-32(18-16-31)14-2-12-28-24(34)30-22-9-5-20(26)6-10-22/h3-10H,1-2,11-18H2,(H2,27,29,33)(H2,28,30,34). The molecule has 0 spiro atoms. The molecule has 10 heteroatoms. The highest BCUT2D eigenvalue weighted by atomic mass is 79.9. The average Bonchev–Trinajstić information content (AvgIpc) is 2.83. The van der Waals surface area contributed by atoms with Gasteiger partial charge in [0.25, 0.3) is 0 Å². The minimum absolute atomic E-state index is 0.175. The number of amides is 4. The van der Waals surface area contributed by atoms with Gasteiger partial charge in [-0.3, -0.25) is 0 Å². The summed E-state index contributed by atoms with van der Waals surface area (Å²) in [6.45, 7) is 7.37. The fourth-order valence-corrected chi connectivity index (χ4v) is 4.19. The molecule has 4 amide bonds. The van der Waals surface area contributed by atoms with E-state index in [4.69, 9.17) is 0 Å². The van der Waals surface area contributed by atoms with Crippen LogP contribution in [0.25, 0.3) is 0 Å². The predicted octanol–water partition coefficient (Wildman–Crippen LogP) is 4.55. The van der Waals surface area contributed by atoms with E-state index in [2.05, 4.69) is 62.9 Å². The van der Waals surface area contributed by atoms with Gasteiger partial charge in [0.05, 0.1) is 0 Å². The molecule has 0 aliphatic carbocycles. The van der Waals surface area contributed by atoms with Crippen molar-refractivity contribution in [2.45, 2.75) is 12.8 Å². The minimum Gasteiger partial charge on any atom is -0.338 e. The van der Waals surface area contributed by atoms with E-state index < -0.39 is 0 Å². The van der Waals surface area contributed by atoms with Gasteiger partial charge in [-0.05, 0) is 74.5 Å². The summed E-state index contributed by atoms with van der Waals surface area (Å²) >= 11 is 6.76. The summed E-state index contributed by atoms with van der Waals surface area (Å²) in [5, 5.41) is 11.5. The molecule has 0 bridgehead atoms. The van der Waals surface area contributed by atoms with Crippen LogP contribution >= 0.6 is 31.9 Å². The fourth-order valence-electron chi connectivity index (χ4n) is 3.66. The quantitative estimate of drug-likeness (QED) is 0.303. The van der Waals surface area contributed by atoms with E-state index in [9.17, 15) is 9.59 Å². The number of hydrogen-bond donors (Lipinski definition) is 4. The normalized spacial score (nSPS) is 14.4. The van der Waals surface area contributed by atoms with Crippen LogP contribution in [0.4, 0.5) is 21.0 Å². The number of carbonyl (C=O) groups excluding carboxylic acids is 2. The molecule has 0 unspecified atom stereocenters. The molecule has 1 aliphatic heterocycles. The van der Waals surface area contributed by atoms with Crippen molar-refractivity contribution in [1.29, 1.82) is 0 Å². The van der Waals surface area contributed by atoms with E-state index in [1.165, 1.54) is 0 Å². The molecule has 1 fully saturated rings. The zero-order valence-corrected chi connectivity index (χ0v) is 22.3. The zero-order valence-electron chi connectivity index (χ0n) is 19.2. The van der Waals surface area contributed by atoms with Crippen LogP contribution in [0.1, 0.15) is 12.8 Å². The van der Waals surface area contributed by atoms with Crippen molar-refractivity contribution in [2.75, 3.05) is 63.0 Å². The van der Waals surface area contributed by atoms with E-state index in [1.54, 1.807) is 0 Å². The van der Waals surface area contributed by atoms with Gasteiger partial charge in [-0.2, -0.15) is 0 Å². The van der Waals surface area contributed by atoms with Crippen LogP contribution in [0.2, 0.25) is 0 Å². The van der Waals surface area contributed by atoms with Gasteiger partial charge < -0.3 is 31.1 Å². The zero-order chi connectivity index (χ0) is 24.2. The summed E-state index contributed by atoms with van der Waals surface area (Å²) in [5.41, 5.74) is 1.55. The second kappa shape index (κ2) is 14.3. The third-order valence-corrected chi connectivity index (χ3v) is 6.60. The van der Waals surface area contributed by atoms with Crippen LogP contribution < -0.4 is 21.3 Å². The lowest BCUT2D eigenvalue weighted by Crippen LogP contribution is -2.47. The van der Waals surface area contributed by atoms with E-state index >= 15 is 0 Å². The molecule has 2 aromatic carbocycles. The highest BCUT2D eigenvalue weighted by molar-refractivity contribution is 9.10. The number of halogens is 2. The minimum atomic E-state index is -0.175. The first-order valence-electron chi connectivity index (χ1n) is 11.5. The Bertz CT molecular complexity index is 827. The van der Waals surface area contributed by atoms with Crippen LogP contribution in [-0.4, -0.2) is 74.2 Å². The maximum absolute atomic E-state index is 12.0. The summed E-state index contributed by atoms with van der Waals surface area (Å²) < 4.78 is 1.96. The maximum atomic E-state index is 12.0. The third-order valence-electron chi connectivity index (χ3n) is 5.54. The number of carbonyl (C=O) groups is 2. The van der Waals surface area contributed by atoms with Gasteiger partial charge in [0, 0.05) is 59.6 Å². The molecule has 3 rings (SSSR count). The second-order valence-electron chi connectivity index (χ2n) is 8.17. The Morgan fingerprint density at radius 2 is 1.00 bits per heavy atom. The molecule has 2 aromatic rings. The number of hydrogen-bond acceptors (Lipinski definition) is 4. The summed E-state index contributed by atoms with van der Waals surface area (Å²) in [6, 6.07) is 14.7. The molecule has 0 saturated carbocycles. The number of benzene rings is 2. The lowest BCUT2D eigenvalue weighted by Gasteiger charge is -2.34. The molecule has 1 aliphatic rings. The topological polar surface area (TPSA) is 88.7 Å². The van der Waals surface area contributed by atoms with E-state index in [0.717, 1.165) is 72.4 Å². The lowest BCUT2D eigenvalue weighted by molar-refractivity contribution is 0.130. The first-order chi connectivity index (χ1) is 16.5. The van der Waals surface area contributed by atoms with Gasteiger partial charge >= 0.3 is 12.1 Å². The van der Waals surface area contributed by atoms with Crippen molar-refractivity contribution in [3.05, 3.63) is 57.5 Å². The van der Waals surface area contributed by atoms with Crippen LogP contribution in [-0.2, 0) is 0 Å². The highest BCUT2D eigenvalue weighted by Crippen LogP contribution is 2.14. The van der Waals surface area contributed by atoms with Crippen molar-refractivity contribution in [1.82, 2.24) is 20.4 Å². The number of rotatable bonds is 10. The van der Waals surface area contributed by atoms with Crippen molar-refractivity contribution in [3.63, 3.8) is 0 Å². The van der Waals surface area contributed by atoms with Crippen LogP contribution in [0, 0.1) is 0 Å². The number of anilines is 2. The molecule has 34 heavy (non-hydrogen) atoms. The van der Waals surface area contributed by atoms with Gasteiger partial charge in [-0.15, -0.1) is 0 Å². The SMILES string of the molecule is O=C(NCCCN1CCN(CCCNC(=O)Nc2ccc(Br)cc2)CC1)Nc1ccc(Br)cc1. The van der Waals surface area contributed by atoms with Crippen molar-refractivity contribution in [2.24, 2.45) is 0 Å². The first kappa shape index (κ1) is 26.5. The Kier molecular flexibility index (Phi) is 11.1. The summed E-state index contributed by atoms with van der Waals surface area (Å²) in [7, 11) is 0. The predicted molar refractivity (Wildman–Crippen MR) is 144 cm³/mol. The number of piperazine rings is 1. The Hall–Kier alpha value is -2.14. The van der Waals surface area contributed by atoms with Crippen LogP contribution in [0.15, 0.2) is 57.5 Å². The van der Waals surface area contributed by atoms with Gasteiger partial charge in [-0.25, -0.2) is 9.59 Å². The number of nitrogens with one attached hydrogen (secondary N) is 4. The monoisotopic (exact) mass is 594 g/mol. The van der Waals surface area contributed by atoms with E-state index in [1.807, 2.05) is 48.5 Å². The highest BCUT2D eigenvalue weighted by Gasteiger charge is 2.16. The molecule has 4 N–H and O–H groups in total. The van der Waals surface area contributed by atoms with Crippen molar-refractivity contribution < 1.29 is 9.59 Å². The fraction of sp³-hybridized carbons (Fsp3) is 0.417. The second-order valence-corrected chi connectivity index (χ2v) is 10.00. The Morgan fingerprint density at radius 3 is 1.35 bits per heavy atom. The summed E-state index contributed by atoms with van der Waals surface area (Å²) in [5.74, 6) is 0. The summed E-state index contributed by atoms with van der Waals surface area (Å²) in [6.07, 6.45) is 1.84. The molecule has 0 aromatic heterocycles. The molecule has 1 saturated heterocycles. The molecule has 0 atom stereocenters. The van der Waals surface area contributed by atoms with Crippen LogP contribution in [0.5, 0.6) is 0 Å². The van der Waals surface area contributed by atoms with Crippen LogP contribution in [0.3, 0.4) is 0 Å². The Balaban J connectivity index is 1.18. The smallest absolute Gasteiger partial charge is 0.319 e. The van der Waals surface area contributed by atoms with E-state index in [0.29, 0.717) is 13.1 Å². The van der Waals surface area contributed by atoms with Gasteiger partial charge in [0.15, 0.2) is 0 Å². The molecular weight excluding hydrogens is 564 g/mol. The molecule has 0 radical (unpaired) electrons. The largest absolute Gasteiger partial charge is 0.338 e. The van der Waals surface area contributed by atoms with Crippen molar-refractivity contribution in [3.8, 4) is 0 Å². The van der Waals surface area contributed by atoms with Gasteiger partial charge in [0.2, 0.25) is 0 Å². The molecular formula is C24H32Br2N6O2. The lowest BCUT2D eigenvalue weighted by atomic mass is 10.2. The number of nitrogens with zero attached hydrogens (tertiary/aromatic N) is 2. The Labute approximate surface area is 218 Å². The van der Waals surface area contributed by atoms with Gasteiger partial charge in [0.1, 0.15) is 0 Å². The first-order valence-corrected chi connectivity index (χ1v) is 13.1. The van der Waals surface area contributed by atoms with E-state index in [-0.39, 0.29) is 12.1 Å². The summed E-state index contributed by atoms with van der Waals surface area (Å²) in [4.78, 5) is 28.8. The molecule has 8 nitrogen and oxygen atoms in total. The third kappa shape index (κ3) is 10.0. The van der Waals surface area contributed by atoms with Gasteiger partial charge in [-0.1, -0.05) is 31.9 Å². The molecule has 1 heterocycles. The molecule has 184 valence electrons. The average molecular weight is 596 g/mol. The number of urea groups is 2. The Morgan fingerprint density at radius 1 is 0.647 bits per heavy atom.